The number of rotatable bonds is 2. The molecule has 3 nitrogen and oxygen atoms in total. The molecule has 1 aromatic carbocycles. The van der Waals surface area contributed by atoms with Crippen molar-refractivity contribution in [3.63, 3.8) is 0 Å². The molecule has 18 heavy (non-hydrogen) atoms. The second kappa shape index (κ2) is 5.60. The quantitative estimate of drug-likeness (QED) is 0.892. The van der Waals surface area contributed by atoms with Crippen molar-refractivity contribution in [1.82, 2.24) is 0 Å². The smallest absolute Gasteiger partial charge is 0.101 e. The lowest BCUT2D eigenvalue weighted by molar-refractivity contribution is 0.308. The molecule has 0 aliphatic carbocycles. The molecule has 1 aliphatic heterocycles. The molecular formula is C14H18ClN3. The summed E-state index contributed by atoms with van der Waals surface area (Å²) in [4.78, 5) is 2.24. The van der Waals surface area contributed by atoms with Gasteiger partial charge in [-0.3, -0.25) is 0 Å². The first-order valence-electron chi connectivity index (χ1n) is 6.30. The highest BCUT2D eigenvalue weighted by Crippen LogP contribution is 2.30. The third-order valence-corrected chi connectivity index (χ3v) is 4.07. The van der Waals surface area contributed by atoms with Gasteiger partial charge in [0.15, 0.2) is 0 Å². The van der Waals surface area contributed by atoms with Crippen molar-refractivity contribution in [3.05, 3.63) is 28.8 Å². The molecule has 0 amide bonds. The summed E-state index contributed by atoms with van der Waals surface area (Å²) in [5.74, 6) is 1.14. The molecule has 1 heterocycles. The standard InChI is InChI=1S/C14H18ClN3/c1-10-4-5-18(9-12(10)8-17)14-6-13(15)3-2-11(14)7-16/h2-3,6,10,12H,4-5,8-9,17H2,1H3. The van der Waals surface area contributed by atoms with Crippen LogP contribution in [0, 0.1) is 23.2 Å². The van der Waals surface area contributed by atoms with Crippen molar-refractivity contribution in [2.45, 2.75) is 13.3 Å². The Kier molecular flexibility index (Phi) is 4.11. The van der Waals surface area contributed by atoms with Gasteiger partial charge in [-0.2, -0.15) is 5.26 Å². The van der Waals surface area contributed by atoms with Crippen LogP contribution in [0.25, 0.3) is 0 Å². The van der Waals surface area contributed by atoms with Gasteiger partial charge in [-0.05, 0) is 43.0 Å². The fraction of sp³-hybridized carbons (Fsp3) is 0.500. The molecule has 1 aliphatic rings. The van der Waals surface area contributed by atoms with Crippen LogP contribution in [-0.4, -0.2) is 19.6 Å². The number of benzene rings is 1. The van der Waals surface area contributed by atoms with Gasteiger partial charge in [0, 0.05) is 18.1 Å². The van der Waals surface area contributed by atoms with Crippen LogP contribution < -0.4 is 10.6 Å². The third-order valence-electron chi connectivity index (χ3n) is 3.84. The van der Waals surface area contributed by atoms with E-state index < -0.39 is 0 Å². The highest BCUT2D eigenvalue weighted by molar-refractivity contribution is 6.30. The highest BCUT2D eigenvalue weighted by Gasteiger charge is 2.26. The lowest BCUT2D eigenvalue weighted by Crippen LogP contribution is -2.43. The molecule has 0 bridgehead atoms. The summed E-state index contributed by atoms with van der Waals surface area (Å²) in [5.41, 5.74) is 7.44. The van der Waals surface area contributed by atoms with E-state index in [0.29, 0.717) is 29.0 Å². The molecule has 1 saturated heterocycles. The zero-order valence-electron chi connectivity index (χ0n) is 10.6. The molecule has 2 unspecified atom stereocenters. The van der Waals surface area contributed by atoms with Crippen LogP contribution >= 0.6 is 11.6 Å². The molecule has 1 fully saturated rings. The van der Waals surface area contributed by atoms with E-state index in [2.05, 4.69) is 17.9 Å². The first-order valence-corrected chi connectivity index (χ1v) is 6.68. The van der Waals surface area contributed by atoms with Gasteiger partial charge >= 0.3 is 0 Å². The van der Waals surface area contributed by atoms with Crippen molar-refractivity contribution in [1.29, 1.82) is 5.26 Å². The summed E-state index contributed by atoms with van der Waals surface area (Å²) in [6.07, 6.45) is 1.11. The van der Waals surface area contributed by atoms with Crippen molar-refractivity contribution in [3.8, 4) is 6.07 Å². The van der Waals surface area contributed by atoms with E-state index >= 15 is 0 Å². The van der Waals surface area contributed by atoms with E-state index in [1.807, 2.05) is 6.07 Å². The number of piperidine rings is 1. The van der Waals surface area contributed by atoms with Crippen LogP contribution in [-0.2, 0) is 0 Å². The molecule has 0 aromatic heterocycles. The molecule has 1 aromatic rings. The van der Waals surface area contributed by atoms with Crippen molar-refractivity contribution >= 4 is 17.3 Å². The van der Waals surface area contributed by atoms with Crippen molar-refractivity contribution in [2.75, 3.05) is 24.5 Å². The summed E-state index contributed by atoms with van der Waals surface area (Å²) < 4.78 is 0. The number of halogens is 1. The van der Waals surface area contributed by atoms with Crippen LogP contribution in [0.4, 0.5) is 5.69 Å². The number of hydrogen-bond donors (Lipinski definition) is 1. The Balaban J connectivity index is 2.27. The minimum absolute atomic E-state index is 0.490. The van der Waals surface area contributed by atoms with Crippen LogP contribution in [0.1, 0.15) is 18.9 Å². The monoisotopic (exact) mass is 263 g/mol. The van der Waals surface area contributed by atoms with E-state index in [1.54, 1.807) is 12.1 Å². The SMILES string of the molecule is CC1CCN(c2cc(Cl)ccc2C#N)CC1CN. The number of anilines is 1. The van der Waals surface area contributed by atoms with Crippen LogP contribution in [0.5, 0.6) is 0 Å². The van der Waals surface area contributed by atoms with Crippen molar-refractivity contribution in [2.24, 2.45) is 17.6 Å². The van der Waals surface area contributed by atoms with E-state index in [1.165, 1.54) is 0 Å². The normalized spacial score (nSPS) is 23.8. The van der Waals surface area contributed by atoms with Gasteiger partial charge in [0.2, 0.25) is 0 Å². The maximum Gasteiger partial charge on any atom is 0.101 e. The Morgan fingerprint density at radius 3 is 3.00 bits per heavy atom. The number of nitrogens with two attached hydrogens (primary N) is 1. The molecule has 0 spiro atoms. The predicted molar refractivity (Wildman–Crippen MR) is 74.7 cm³/mol. The van der Waals surface area contributed by atoms with E-state index in [9.17, 15) is 5.26 Å². The Bertz CT molecular complexity index is 467. The Labute approximate surface area is 113 Å². The first kappa shape index (κ1) is 13.2. The predicted octanol–water partition coefficient (Wildman–Crippen LogP) is 2.63. The Morgan fingerprint density at radius 2 is 2.33 bits per heavy atom. The number of nitrogens with zero attached hydrogens (tertiary/aromatic N) is 2. The first-order chi connectivity index (χ1) is 8.65. The maximum atomic E-state index is 9.17. The number of hydrogen-bond acceptors (Lipinski definition) is 3. The third kappa shape index (κ3) is 2.60. The van der Waals surface area contributed by atoms with Gasteiger partial charge in [-0.1, -0.05) is 18.5 Å². The molecule has 2 rings (SSSR count). The Morgan fingerprint density at radius 1 is 1.56 bits per heavy atom. The zero-order chi connectivity index (χ0) is 13.1. The molecular weight excluding hydrogens is 246 g/mol. The highest BCUT2D eigenvalue weighted by atomic mass is 35.5. The summed E-state index contributed by atoms with van der Waals surface area (Å²) in [7, 11) is 0. The number of nitriles is 1. The molecule has 2 N–H and O–H groups in total. The van der Waals surface area contributed by atoms with E-state index in [0.717, 1.165) is 25.2 Å². The summed E-state index contributed by atoms with van der Waals surface area (Å²) in [6, 6.07) is 7.66. The largest absolute Gasteiger partial charge is 0.370 e. The summed E-state index contributed by atoms with van der Waals surface area (Å²) in [6.45, 7) is 4.82. The zero-order valence-corrected chi connectivity index (χ0v) is 11.3. The molecule has 2 atom stereocenters. The summed E-state index contributed by atoms with van der Waals surface area (Å²) in [5, 5.41) is 9.84. The van der Waals surface area contributed by atoms with Crippen LogP contribution in [0.15, 0.2) is 18.2 Å². The average Bonchev–Trinajstić information content (AvgIpc) is 2.39. The second-order valence-electron chi connectivity index (χ2n) is 4.98. The summed E-state index contributed by atoms with van der Waals surface area (Å²) >= 11 is 6.03. The van der Waals surface area contributed by atoms with Gasteiger partial charge in [-0.15, -0.1) is 0 Å². The van der Waals surface area contributed by atoms with Gasteiger partial charge in [0.25, 0.3) is 0 Å². The lowest BCUT2D eigenvalue weighted by atomic mass is 9.86. The van der Waals surface area contributed by atoms with Crippen LogP contribution in [0.2, 0.25) is 5.02 Å². The Hall–Kier alpha value is -1.24. The van der Waals surface area contributed by atoms with Gasteiger partial charge in [0.1, 0.15) is 6.07 Å². The molecule has 0 saturated carbocycles. The van der Waals surface area contributed by atoms with Gasteiger partial charge in [-0.25, -0.2) is 0 Å². The van der Waals surface area contributed by atoms with Crippen LogP contribution in [0.3, 0.4) is 0 Å². The fourth-order valence-electron chi connectivity index (χ4n) is 2.54. The topological polar surface area (TPSA) is 53.0 Å². The maximum absolute atomic E-state index is 9.17. The molecule has 96 valence electrons. The minimum Gasteiger partial charge on any atom is -0.370 e. The minimum atomic E-state index is 0.490. The fourth-order valence-corrected chi connectivity index (χ4v) is 2.70. The molecule has 0 radical (unpaired) electrons. The van der Waals surface area contributed by atoms with Gasteiger partial charge < -0.3 is 10.6 Å². The van der Waals surface area contributed by atoms with E-state index in [4.69, 9.17) is 17.3 Å². The molecule has 4 heteroatoms. The van der Waals surface area contributed by atoms with E-state index in [-0.39, 0.29) is 0 Å². The van der Waals surface area contributed by atoms with Crippen molar-refractivity contribution < 1.29 is 0 Å². The lowest BCUT2D eigenvalue weighted by Gasteiger charge is -2.38. The average molecular weight is 264 g/mol. The van der Waals surface area contributed by atoms with Gasteiger partial charge in [0.05, 0.1) is 11.3 Å². The second-order valence-corrected chi connectivity index (χ2v) is 5.42.